The van der Waals surface area contributed by atoms with E-state index in [-0.39, 0.29) is 0 Å². The highest BCUT2D eigenvalue weighted by Gasteiger charge is 2.26. The number of nitrogens with zero attached hydrogens (tertiary/aromatic N) is 2. The summed E-state index contributed by atoms with van der Waals surface area (Å²) in [6.07, 6.45) is 5.89. The monoisotopic (exact) mass is 300 g/mol. The summed E-state index contributed by atoms with van der Waals surface area (Å²) in [6, 6.07) is 10.7. The molecule has 0 atom stereocenters. The number of rotatable bonds is 3. The minimum atomic E-state index is -3.46. The number of hydrogen-bond donors (Lipinski definition) is 0. The van der Waals surface area contributed by atoms with Crippen molar-refractivity contribution >= 4 is 15.6 Å². The minimum absolute atomic E-state index is 0.330. The molecule has 3 rings (SSSR count). The summed E-state index contributed by atoms with van der Waals surface area (Å²) in [5.41, 5.74) is 3.01. The van der Waals surface area contributed by atoms with Crippen molar-refractivity contribution in [1.29, 1.82) is 0 Å². The molecule has 0 spiro atoms. The van der Waals surface area contributed by atoms with E-state index in [1.807, 2.05) is 31.2 Å². The van der Waals surface area contributed by atoms with Crippen LogP contribution in [0, 0.1) is 6.92 Å². The summed E-state index contributed by atoms with van der Waals surface area (Å²) in [4.78, 5) is 4.41. The van der Waals surface area contributed by atoms with Crippen molar-refractivity contribution in [2.45, 2.75) is 18.2 Å². The van der Waals surface area contributed by atoms with Gasteiger partial charge >= 0.3 is 0 Å². The van der Waals surface area contributed by atoms with Crippen molar-refractivity contribution in [2.75, 3.05) is 6.54 Å². The number of aryl methyl sites for hydroxylation is 1. The fourth-order valence-electron chi connectivity index (χ4n) is 2.34. The number of benzene rings is 1. The normalized spacial score (nSPS) is 15.1. The Labute approximate surface area is 124 Å². The lowest BCUT2D eigenvalue weighted by atomic mass is 10.1. The van der Waals surface area contributed by atoms with E-state index in [4.69, 9.17) is 0 Å². The molecular formula is C16H16N2O2S. The number of hydrogen-bond acceptors (Lipinski definition) is 3. The van der Waals surface area contributed by atoms with Crippen LogP contribution in [0.1, 0.15) is 17.5 Å². The lowest BCUT2D eigenvalue weighted by Crippen LogP contribution is -2.23. The Morgan fingerprint density at radius 1 is 1.14 bits per heavy atom. The molecule has 1 aromatic carbocycles. The van der Waals surface area contributed by atoms with Gasteiger partial charge in [0.1, 0.15) is 0 Å². The molecule has 1 aliphatic heterocycles. The molecule has 4 nitrogen and oxygen atoms in total. The van der Waals surface area contributed by atoms with Gasteiger partial charge in [0.2, 0.25) is 0 Å². The maximum absolute atomic E-state index is 12.6. The zero-order chi connectivity index (χ0) is 14.9. The van der Waals surface area contributed by atoms with Crippen LogP contribution in [-0.4, -0.2) is 24.3 Å². The first kappa shape index (κ1) is 13.8. The molecule has 1 aromatic heterocycles. The Balaban J connectivity index is 1.91. The molecule has 1 aliphatic rings. The Kier molecular flexibility index (Phi) is 3.51. The molecule has 108 valence electrons. The molecule has 0 amide bonds. The van der Waals surface area contributed by atoms with Gasteiger partial charge in [-0.1, -0.05) is 23.8 Å². The van der Waals surface area contributed by atoms with Gasteiger partial charge in [0.05, 0.1) is 4.90 Å². The third-order valence-corrected chi connectivity index (χ3v) is 5.33. The number of pyridine rings is 1. The SMILES string of the molecule is Cc1ccc(S(=O)(=O)N2C=C(c3cccnc3)CC2)cc1. The van der Waals surface area contributed by atoms with Crippen LogP contribution >= 0.6 is 0 Å². The van der Waals surface area contributed by atoms with Crippen LogP contribution in [0.5, 0.6) is 0 Å². The van der Waals surface area contributed by atoms with E-state index < -0.39 is 10.0 Å². The van der Waals surface area contributed by atoms with Gasteiger partial charge in [-0.2, -0.15) is 0 Å². The Morgan fingerprint density at radius 2 is 1.90 bits per heavy atom. The van der Waals surface area contributed by atoms with Crippen LogP contribution < -0.4 is 0 Å². The van der Waals surface area contributed by atoms with Crippen LogP contribution in [0.25, 0.3) is 5.57 Å². The van der Waals surface area contributed by atoms with Crippen molar-refractivity contribution in [2.24, 2.45) is 0 Å². The molecular weight excluding hydrogens is 284 g/mol. The second kappa shape index (κ2) is 5.33. The fraction of sp³-hybridized carbons (Fsp3) is 0.188. The van der Waals surface area contributed by atoms with Crippen molar-refractivity contribution in [3.05, 3.63) is 66.1 Å². The summed E-state index contributed by atoms with van der Waals surface area (Å²) < 4.78 is 26.6. The predicted octanol–water partition coefficient (Wildman–Crippen LogP) is 2.83. The maximum Gasteiger partial charge on any atom is 0.263 e. The van der Waals surface area contributed by atoms with Gasteiger partial charge in [-0.15, -0.1) is 0 Å². The zero-order valence-electron chi connectivity index (χ0n) is 11.7. The Hall–Kier alpha value is -2.14. The van der Waals surface area contributed by atoms with E-state index in [2.05, 4.69) is 4.98 Å². The minimum Gasteiger partial charge on any atom is -0.273 e. The predicted molar refractivity (Wildman–Crippen MR) is 81.9 cm³/mol. The molecule has 0 unspecified atom stereocenters. The summed E-state index contributed by atoms with van der Waals surface area (Å²) in [5, 5.41) is 0. The summed E-state index contributed by atoms with van der Waals surface area (Å²) in [5.74, 6) is 0. The zero-order valence-corrected chi connectivity index (χ0v) is 12.5. The van der Waals surface area contributed by atoms with Crippen LogP contribution in [0.4, 0.5) is 0 Å². The van der Waals surface area contributed by atoms with E-state index in [1.165, 1.54) is 4.31 Å². The first-order valence-corrected chi connectivity index (χ1v) is 8.21. The first-order valence-electron chi connectivity index (χ1n) is 6.77. The van der Waals surface area contributed by atoms with E-state index in [1.54, 1.807) is 30.7 Å². The molecule has 0 aliphatic carbocycles. The molecule has 2 aromatic rings. The van der Waals surface area contributed by atoms with E-state index in [0.29, 0.717) is 17.9 Å². The second-order valence-electron chi connectivity index (χ2n) is 5.07. The molecule has 0 saturated heterocycles. The van der Waals surface area contributed by atoms with Gasteiger partial charge < -0.3 is 0 Å². The average Bonchev–Trinajstić information content (AvgIpc) is 2.99. The lowest BCUT2D eigenvalue weighted by molar-refractivity contribution is 0.517. The molecule has 0 radical (unpaired) electrons. The second-order valence-corrected chi connectivity index (χ2v) is 6.97. The summed E-state index contributed by atoms with van der Waals surface area (Å²) in [7, 11) is -3.46. The highest BCUT2D eigenvalue weighted by molar-refractivity contribution is 7.89. The van der Waals surface area contributed by atoms with E-state index in [0.717, 1.165) is 16.7 Å². The molecule has 0 saturated carbocycles. The standard InChI is InChI=1S/C16H16N2O2S/c1-13-4-6-16(7-5-13)21(19,20)18-10-8-15(12-18)14-3-2-9-17-11-14/h2-7,9,11-12H,8,10H2,1H3. The number of aromatic nitrogens is 1. The van der Waals surface area contributed by atoms with Gasteiger partial charge in [-0.3, -0.25) is 9.29 Å². The molecule has 0 N–H and O–H groups in total. The highest BCUT2D eigenvalue weighted by atomic mass is 32.2. The van der Waals surface area contributed by atoms with Crippen molar-refractivity contribution in [3.63, 3.8) is 0 Å². The van der Waals surface area contributed by atoms with Crippen molar-refractivity contribution in [1.82, 2.24) is 9.29 Å². The van der Waals surface area contributed by atoms with Crippen LogP contribution in [0.3, 0.4) is 0 Å². The maximum atomic E-state index is 12.6. The quantitative estimate of drug-likeness (QED) is 0.876. The summed E-state index contributed by atoms with van der Waals surface area (Å²) in [6.45, 7) is 2.41. The molecule has 0 fully saturated rings. The van der Waals surface area contributed by atoms with Gasteiger partial charge in [0, 0.05) is 25.1 Å². The van der Waals surface area contributed by atoms with Gasteiger partial charge in [-0.05, 0) is 42.7 Å². The molecule has 0 bridgehead atoms. The van der Waals surface area contributed by atoms with Crippen molar-refractivity contribution in [3.8, 4) is 0 Å². The molecule has 5 heteroatoms. The third kappa shape index (κ3) is 2.69. The van der Waals surface area contributed by atoms with Crippen LogP contribution in [0.2, 0.25) is 0 Å². The van der Waals surface area contributed by atoms with Crippen molar-refractivity contribution < 1.29 is 8.42 Å². The summed E-state index contributed by atoms with van der Waals surface area (Å²) >= 11 is 0. The van der Waals surface area contributed by atoms with E-state index in [9.17, 15) is 8.42 Å². The van der Waals surface area contributed by atoms with Gasteiger partial charge in [0.15, 0.2) is 0 Å². The third-order valence-electron chi connectivity index (χ3n) is 3.56. The van der Waals surface area contributed by atoms with Crippen LogP contribution in [-0.2, 0) is 10.0 Å². The van der Waals surface area contributed by atoms with Crippen LogP contribution in [0.15, 0.2) is 59.9 Å². The van der Waals surface area contributed by atoms with Gasteiger partial charge in [-0.25, -0.2) is 8.42 Å². The largest absolute Gasteiger partial charge is 0.273 e. The molecule has 2 heterocycles. The smallest absolute Gasteiger partial charge is 0.263 e. The highest BCUT2D eigenvalue weighted by Crippen LogP contribution is 2.28. The topological polar surface area (TPSA) is 50.3 Å². The molecule has 21 heavy (non-hydrogen) atoms. The lowest BCUT2D eigenvalue weighted by Gasteiger charge is -2.15. The van der Waals surface area contributed by atoms with E-state index >= 15 is 0 Å². The van der Waals surface area contributed by atoms with Gasteiger partial charge in [0.25, 0.3) is 10.0 Å². The first-order chi connectivity index (χ1) is 10.1. The Bertz CT molecular complexity index is 766. The average molecular weight is 300 g/mol. The Morgan fingerprint density at radius 3 is 2.57 bits per heavy atom. The fourth-order valence-corrected chi connectivity index (χ4v) is 3.69. The number of sulfonamides is 1.